The number of allylic oxidation sites excluding steroid dienone is 8. The van der Waals surface area contributed by atoms with Crippen molar-refractivity contribution in [2.75, 3.05) is 0 Å². The fourth-order valence-electron chi connectivity index (χ4n) is 6.32. The summed E-state index contributed by atoms with van der Waals surface area (Å²) in [5.41, 5.74) is 6.88. The largest absolute Gasteiger partial charge is 0.147 e. The summed E-state index contributed by atoms with van der Waals surface area (Å²) >= 11 is -3.24. The van der Waals surface area contributed by atoms with Crippen molar-refractivity contribution in [2.45, 2.75) is 78.5 Å². The molecule has 28 heavy (non-hydrogen) atoms. The molecule has 0 fully saturated rings. The van der Waals surface area contributed by atoms with Gasteiger partial charge < -0.3 is 0 Å². The minimum Gasteiger partial charge on any atom is -0.147 e. The standard InChI is InChI=1S/2C11H17.2CH3.2ClH.H2Si.Zr/c2*1-8-6-9(2)10(7-8)11(3,4)5;;;;;;/h2*7-8H,1-5H3;2*1H3;2*1H;1H2;. The molecular formula is C24H44Cl2SiZr. The summed E-state index contributed by atoms with van der Waals surface area (Å²) in [4.78, 5) is 0. The van der Waals surface area contributed by atoms with Crippen molar-refractivity contribution in [3.8, 4) is 0 Å². The smallest absolute Gasteiger partial charge is 0.147 e. The molecule has 0 saturated carbocycles. The van der Waals surface area contributed by atoms with Crippen LogP contribution in [0.25, 0.3) is 0 Å². The second-order valence-corrected chi connectivity index (χ2v) is 40.4. The molecule has 2 atom stereocenters. The average molecular weight is 523 g/mol. The summed E-state index contributed by atoms with van der Waals surface area (Å²) in [5, 5.41) is 0. The maximum atomic E-state index is 2.70. The second kappa shape index (κ2) is 8.29. The van der Waals surface area contributed by atoms with Gasteiger partial charge >= 0.3 is 166 Å². The van der Waals surface area contributed by atoms with E-state index >= 15 is 0 Å². The normalized spacial score (nSPS) is 24.0. The van der Waals surface area contributed by atoms with E-state index in [1.165, 1.54) is 0 Å². The van der Waals surface area contributed by atoms with Gasteiger partial charge in [0.25, 0.3) is 0 Å². The fourth-order valence-corrected chi connectivity index (χ4v) is 28.1. The third kappa shape index (κ3) is 4.76. The molecule has 0 aliphatic heterocycles. The predicted octanol–water partition coefficient (Wildman–Crippen LogP) is 7.96. The van der Waals surface area contributed by atoms with Crippen LogP contribution in [0, 0.1) is 22.7 Å². The number of halogens is 2. The third-order valence-electron chi connectivity index (χ3n) is 6.70. The first kappa shape index (κ1) is 28.6. The van der Waals surface area contributed by atoms with Crippen LogP contribution in [-0.4, -0.2) is 6.88 Å². The molecule has 0 radical (unpaired) electrons. The molecule has 0 aromatic rings. The van der Waals surface area contributed by atoms with E-state index in [1.807, 2.05) is 6.56 Å². The van der Waals surface area contributed by atoms with Gasteiger partial charge in [-0.15, -0.1) is 24.8 Å². The van der Waals surface area contributed by atoms with Gasteiger partial charge in [0, 0.05) is 0 Å². The Bertz CT molecular complexity index is 769. The maximum absolute atomic E-state index is 3.24. The van der Waals surface area contributed by atoms with Crippen molar-refractivity contribution in [1.82, 2.24) is 0 Å². The molecule has 0 aromatic heterocycles. The molecule has 4 heteroatoms. The molecule has 162 valence electrons. The van der Waals surface area contributed by atoms with Crippen molar-refractivity contribution in [3.05, 3.63) is 41.0 Å². The molecule has 0 nitrogen and oxygen atoms in total. The molecule has 0 spiro atoms. The molecule has 2 unspecified atom stereocenters. The van der Waals surface area contributed by atoms with Crippen LogP contribution in [0.5, 0.6) is 0 Å². The summed E-state index contributed by atoms with van der Waals surface area (Å²) in [6.07, 6.45) is 5.15. The SMILES string of the molecule is CC1=[C]([Zr]([CH3])([CH3])(=[SiH2])[C]2=C(C)C(C(C)(C)C)=CC2C)C(C)C=C1C(C)(C)C.Cl.Cl. The van der Waals surface area contributed by atoms with Gasteiger partial charge in [-0.25, -0.2) is 0 Å². The van der Waals surface area contributed by atoms with Gasteiger partial charge in [-0.1, -0.05) is 0 Å². The van der Waals surface area contributed by atoms with Gasteiger partial charge in [-0.3, -0.25) is 0 Å². The van der Waals surface area contributed by atoms with E-state index in [4.69, 9.17) is 0 Å². The molecule has 0 N–H and O–H groups in total. The van der Waals surface area contributed by atoms with E-state index in [0.29, 0.717) is 11.8 Å². The third-order valence-corrected chi connectivity index (χ3v) is 23.8. The van der Waals surface area contributed by atoms with Gasteiger partial charge in [0.1, 0.15) is 0 Å². The topological polar surface area (TPSA) is 0 Å². The monoisotopic (exact) mass is 520 g/mol. The van der Waals surface area contributed by atoms with Gasteiger partial charge in [-0.2, -0.15) is 0 Å². The van der Waals surface area contributed by atoms with Crippen LogP contribution in [0.3, 0.4) is 0 Å². The molecule has 0 amide bonds. The maximum Gasteiger partial charge on any atom is -0.147 e. The minimum absolute atomic E-state index is 0. The minimum atomic E-state index is -3.24. The van der Waals surface area contributed by atoms with Gasteiger partial charge in [0.15, 0.2) is 0 Å². The molecule has 0 saturated heterocycles. The quantitative estimate of drug-likeness (QED) is 0.323. The van der Waals surface area contributed by atoms with Crippen LogP contribution in [-0.2, 0) is 17.4 Å². The van der Waals surface area contributed by atoms with Gasteiger partial charge in [0.05, 0.1) is 0 Å². The van der Waals surface area contributed by atoms with Crippen LogP contribution >= 0.6 is 24.8 Å². The zero-order valence-electron chi connectivity index (χ0n) is 20.3. The van der Waals surface area contributed by atoms with E-state index < -0.39 is 17.4 Å². The summed E-state index contributed by atoms with van der Waals surface area (Å²) in [6, 6.07) is 0. The Labute approximate surface area is 190 Å². The van der Waals surface area contributed by atoms with E-state index in [0.717, 1.165) is 0 Å². The summed E-state index contributed by atoms with van der Waals surface area (Å²) in [7, 11) is 0. The molecule has 2 aliphatic rings. The zero-order valence-corrected chi connectivity index (χ0v) is 25.8. The second-order valence-electron chi connectivity index (χ2n) is 12.0. The predicted molar refractivity (Wildman–Crippen MR) is 134 cm³/mol. The Morgan fingerprint density at radius 1 is 0.714 bits per heavy atom. The summed E-state index contributed by atoms with van der Waals surface area (Å²) < 4.78 is 9.06. The molecule has 2 aliphatic carbocycles. The Balaban J connectivity index is 0.00000364. The average Bonchev–Trinajstić information content (AvgIpc) is 2.85. The van der Waals surface area contributed by atoms with Crippen LogP contribution < -0.4 is 0 Å². The van der Waals surface area contributed by atoms with E-state index in [2.05, 4.69) is 97.5 Å². The molecule has 0 bridgehead atoms. The summed E-state index contributed by atoms with van der Waals surface area (Å²) in [5.74, 6) is 1.18. The first-order valence-corrected chi connectivity index (χ1v) is 23.6. The summed E-state index contributed by atoms with van der Waals surface area (Å²) in [6.45, 7) is 26.3. The zero-order chi connectivity index (χ0) is 20.5. The first-order valence-electron chi connectivity index (χ1n) is 10.3. The van der Waals surface area contributed by atoms with Gasteiger partial charge in [0.2, 0.25) is 0 Å². The molecule has 0 aromatic carbocycles. The Kier molecular flexibility index (Phi) is 8.48. The van der Waals surface area contributed by atoms with Crippen LogP contribution in [0.4, 0.5) is 0 Å². The van der Waals surface area contributed by atoms with Gasteiger partial charge in [-0.05, 0) is 0 Å². The van der Waals surface area contributed by atoms with Crippen molar-refractivity contribution in [2.24, 2.45) is 22.7 Å². The molecular weight excluding hydrogens is 478 g/mol. The van der Waals surface area contributed by atoms with Crippen molar-refractivity contribution < 1.29 is 17.4 Å². The van der Waals surface area contributed by atoms with Crippen LogP contribution in [0.1, 0.15) is 69.2 Å². The Morgan fingerprint density at radius 3 is 1.14 bits per heavy atom. The van der Waals surface area contributed by atoms with E-state index in [1.54, 1.807) is 22.3 Å². The van der Waals surface area contributed by atoms with Crippen molar-refractivity contribution in [1.29, 1.82) is 0 Å². The molecule has 0 heterocycles. The fraction of sp³-hybridized carbons (Fsp3) is 0.667. The number of rotatable bonds is 2. The number of hydrogen-bond donors (Lipinski definition) is 0. The van der Waals surface area contributed by atoms with Crippen molar-refractivity contribution in [3.63, 3.8) is 0 Å². The van der Waals surface area contributed by atoms with E-state index in [-0.39, 0.29) is 35.6 Å². The Hall–Kier alpha value is 0.640. The Morgan fingerprint density at radius 2 is 0.964 bits per heavy atom. The van der Waals surface area contributed by atoms with Crippen LogP contribution in [0.15, 0.2) is 41.0 Å². The first-order chi connectivity index (χ1) is 11.4. The van der Waals surface area contributed by atoms with Crippen molar-refractivity contribution >= 4 is 31.7 Å². The number of hydrogen-bond acceptors (Lipinski definition) is 0. The van der Waals surface area contributed by atoms with Crippen LogP contribution in [0.2, 0.25) is 9.26 Å². The van der Waals surface area contributed by atoms with E-state index in [9.17, 15) is 0 Å². The molecule has 2 rings (SSSR count).